The fourth-order valence-electron chi connectivity index (χ4n) is 2.76. The number of ketones is 2. The summed E-state index contributed by atoms with van der Waals surface area (Å²) in [5.41, 5.74) is 3.23. The van der Waals surface area contributed by atoms with Crippen LogP contribution in [0.25, 0.3) is 16.5 Å². The third kappa shape index (κ3) is 2.35. The number of allylic oxidation sites excluding steroid dienone is 1. The van der Waals surface area contributed by atoms with Gasteiger partial charge in [-0.15, -0.1) is 11.3 Å². The average Bonchev–Trinajstić information content (AvgIpc) is 3.20. The number of thiophene rings is 1. The summed E-state index contributed by atoms with van der Waals surface area (Å²) < 4.78 is 0. The molecule has 1 aliphatic carbocycles. The summed E-state index contributed by atoms with van der Waals surface area (Å²) in [6.07, 6.45) is 1.68. The van der Waals surface area contributed by atoms with Gasteiger partial charge in [-0.05, 0) is 28.6 Å². The molecule has 0 unspecified atom stereocenters. The molecule has 3 aromatic rings. The first kappa shape index (κ1) is 13.9. The highest BCUT2D eigenvalue weighted by atomic mass is 32.1. The van der Waals surface area contributed by atoms with Crippen LogP contribution in [0.4, 0.5) is 0 Å². The van der Waals surface area contributed by atoms with Crippen LogP contribution in [0.1, 0.15) is 26.3 Å². The van der Waals surface area contributed by atoms with Crippen LogP contribution in [0, 0.1) is 0 Å². The van der Waals surface area contributed by atoms with E-state index in [9.17, 15) is 9.59 Å². The minimum Gasteiger partial charge on any atom is -0.288 e. The van der Waals surface area contributed by atoms with E-state index in [0.29, 0.717) is 11.1 Å². The maximum atomic E-state index is 12.4. The first-order valence-electron chi connectivity index (χ1n) is 7.28. The number of benzene rings is 2. The van der Waals surface area contributed by atoms with Gasteiger partial charge in [-0.3, -0.25) is 9.59 Å². The van der Waals surface area contributed by atoms with Crippen molar-refractivity contribution in [1.82, 2.24) is 0 Å². The van der Waals surface area contributed by atoms with E-state index in [1.807, 2.05) is 35.7 Å². The minimum atomic E-state index is -0.187. The van der Waals surface area contributed by atoms with Crippen LogP contribution in [-0.2, 0) is 0 Å². The van der Waals surface area contributed by atoms with Gasteiger partial charge in [0.05, 0.1) is 5.57 Å². The highest BCUT2D eigenvalue weighted by Crippen LogP contribution is 2.29. The summed E-state index contributed by atoms with van der Waals surface area (Å²) in [7, 11) is 0. The molecule has 110 valence electrons. The minimum absolute atomic E-state index is 0.187. The molecule has 0 amide bonds. The van der Waals surface area contributed by atoms with Gasteiger partial charge in [-0.25, -0.2) is 0 Å². The highest BCUT2D eigenvalue weighted by molar-refractivity contribution is 7.13. The number of hydrogen-bond acceptors (Lipinski definition) is 3. The number of fused-ring (bicyclic) bond motifs is 1. The van der Waals surface area contributed by atoms with Crippen molar-refractivity contribution < 1.29 is 9.59 Å². The first-order valence-corrected chi connectivity index (χ1v) is 8.16. The van der Waals surface area contributed by atoms with Crippen LogP contribution in [0.3, 0.4) is 0 Å². The highest BCUT2D eigenvalue weighted by Gasteiger charge is 2.32. The van der Waals surface area contributed by atoms with Crippen molar-refractivity contribution >= 4 is 29.0 Å². The number of carbonyl (C=O) groups is 2. The zero-order chi connectivity index (χ0) is 15.8. The Kier molecular flexibility index (Phi) is 3.28. The molecule has 1 aromatic heterocycles. The van der Waals surface area contributed by atoms with Crippen molar-refractivity contribution in [1.29, 1.82) is 0 Å². The lowest BCUT2D eigenvalue weighted by Gasteiger charge is -2.00. The number of rotatable bonds is 2. The Balaban J connectivity index is 1.69. The van der Waals surface area contributed by atoms with E-state index in [0.717, 1.165) is 11.1 Å². The lowest BCUT2D eigenvalue weighted by Crippen LogP contribution is -2.00. The van der Waals surface area contributed by atoms with E-state index >= 15 is 0 Å². The van der Waals surface area contributed by atoms with Crippen LogP contribution < -0.4 is 0 Å². The zero-order valence-electron chi connectivity index (χ0n) is 12.2. The van der Waals surface area contributed by atoms with Crippen LogP contribution in [0.2, 0.25) is 0 Å². The average molecular weight is 316 g/mol. The van der Waals surface area contributed by atoms with Crippen molar-refractivity contribution in [2.75, 3.05) is 0 Å². The van der Waals surface area contributed by atoms with Crippen molar-refractivity contribution in [3.05, 3.63) is 88.3 Å². The molecule has 2 aromatic carbocycles. The molecule has 4 rings (SSSR count). The molecule has 0 radical (unpaired) electrons. The zero-order valence-corrected chi connectivity index (χ0v) is 13.0. The lowest BCUT2D eigenvalue weighted by molar-refractivity contribution is 0.0990. The summed E-state index contributed by atoms with van der Waals surface area (Å²) in [5, 5.41) is 2.04. The molecule has 0 aliphatic heterocycles. The van der Waals surface area contributed by atoms with Crippen molar-refractivity contribution in [3.8, 4) is 10.4 Å². The van der Waals surface area contributed by atoms with Gasteiger partial charge in [-0.1, -0.05) is 54.6 Å². The Morgan fingerprint density at radius 2 is 1.39 bits per heavy atom. The second-order valence-corrected chi connectivity index (χ2v) is 6.31. The third-order valence-electron chi connectivity index (χ3n) is 3.93. The second kappa shape index (κ2) is 5.45. The van der Waals surface area contributed by atoms with E-state index in [1.54, 1.807) is 41.7 Å². The van der Waals surface area contributed by atoms with Crippen molar-refractivity contribution in [3.63, 3.8) is 0 Å². The molecule has 0 fully saturated rings. The Labute approximate surface area is 137 Å². The summed E-state index contributed by atoms with van der Waals surface area (Å²) in [5.74, 6) is -0.374. The van der Waals surface area contributed by atoms with Crippen LogP contribution in [-0.4, -0.2) is 11.6 Å². The molecule has 1 aliphatic rings. The van der Waals surface area contributed by atoms with Gasteiger partial charge in [0, 0.05) is 16.0 Å². The predicted octanol–water partition coefficient (Wildman–Crippen LogP) is 4.88. The van der Waals surface area contributed by atoms with Gasteiger partial charge < -0.3 is 0 Å². The quantitative estimate of drug-likeness (QED) is 0.499. The molecular formula is C20H12O2S. The number of carbonyl (C=O) groups excluding carboxylic acids is 2. The van der Waals surface area contributed by atoms with E-state index in [2.05, 4.69) is 6.07 Å². The Morgan fingerprint density at radius 1 is 0.739 bits per heavy atom. The lowest BCUT2D eigenvalue weighted by atomic mass is 10.1. The van der Waals surface area contributed by atoms with Crippen molar-refractivity contribution in [2.45, 2.75) is 0 Å². The monoisotopic (exact) mass is 316 g/mol. The standard InChI is InChI=1S/C20H12O2S/c21-19-15-4-1-2-5-16(15)20(22)17(19)12-13-7-9-14(10-8-13)18-6-3-11-23-18/h1-12H. The first-order chi connectivity index (χ1) is 11.2. The van der Waals surface area contributed by atoms with Gasteiger partial charge >= 0.3 is 0 Å². The molecule has 2 nitrogen and oxygen atoms in total. The number of Topliss-reactive ketones (excluding diaryl/α,β-unsaturated/α-hetero) is 2. The van der Waals surface area contributed by atoms with Crippen LogP contribution in [0.15, 0.2) is 71.6 Å². The fourth-order valence-corrected chi connectivity index (χ4v) is 3.49. The van der Waals surface area contributed by atoms with Crippen molar-refractivity contribution in [2.24, 2.45) is 0 Å². The molecule has 0 saturated heterocycles. The van der Waals surface area contributed by atoms with E-state index in [1.165, 1.54) is 4.88 Å². The van der Waals surface area contributed by atoms with Gasteiger partial charge in [-0.2, -0.15) is 0 Å². The molecule has 0 spiro atoms. The van der Waals surface area contributed by atoms with E-state index in [4.69, 9.17) is 0 Å². The molecule has 23 heavy (non-hydrogen) atoms. The number of hydrogen-bond donors (Lipinski definition) is 0. The maximum absolute atomic E-state index is 12.4. The summed E-state index contributed by atoms with van der Waals surface area (Å²) in [4.78, 5) is 26.0. The topological polar surface area (TPSA) is 34.1 Å². The van der Waals surface area contributed by atoms with Gasteiger partial charge in [0.1, 0.15) is 0 Å². The van der Waals surface area contributed by atoms with Gasteiger partial charge in [0.25, 0.3) is 0 Å². The molecule has 0 saturated carbocycles. The van der Waals surface area contributed by atoms with E-state index < -0.39 is 0 Å². The Morgan fingerprint density at radius 3 is 1.96 bits per heavy atom. The molecule has 0 bridgehead atoms. The molecule has 3 heteroatoms. The normalized spacial score (nSPS) is 13.3. The fraction of sp³-hybridized carbons (Fsp3) is 0. The SMILES string of the molecule is O=C1C(=Cc2ccc(-c3cccs3)cc2)C(=O)c2ccccc21. The smallest absolute Gasteiger partial charge is 0.197 e. The summed E-state index contributed by atoms with van der Waals surface area (Å²) in [6.45, 7) is 0. The van der Waals surface area contributed by atoms with Gasteiger partial charge in [0.15, 0.2) is 11.6 Å². The molecular weight excluding hydrogens is 304 g/mol. The van der Waals surface area contributed by atoms with Gasteiger partial charge in [0.2, 0.25) is 0 Å². The summed E-state index contributed by atoms with van der Waals surface area (Å²) in [6, 6.07) is 18.9. The van der Waals surface area contributed by atoms with Crippen LogP contribution >= 0.6 is 11.3 Å². The predicted molar refractivity (Wildman–Crippen MR) is 92.8 cm³/mol. The van der Waals surface area contributed by atoms with E-state index in [-0.39, 0.29) is 17.1 Å². The molecule has 1 heterocycles. The molecule has 0 N–H and O–H groups in total. The maximum Gasteiger partial charge on any atom is 0.197 e. The summed E-state index contributed by atoms with van der Waals surface area (Å²) >= 11 is 1.68. The second-order valence-electron chi connectivity index (χ2n) is 5.36. The Bertz CT molecular complexity index is 895. The third-order valence-corrected chi connectivity index (χ3v) is 4.85. The largest absolute Gasteiger partial charge is 0.288 e. The Hall–Kier alpha value is -2.78. The molecule has 0 atom stereocenters. The van der Waals surface area contributed by atoms with Crippen LogP contribution in [0.5, 0.6) is 0 Å².